The molecule has 156 valence electrons. The Kier molecular flexibility index (Phi) is 5.63. The number of carbonyl (C=O) groups is 1. The Hall–Kier alpha value is -2.35. The van der Waals surface area contributed by atoms with E-state index in [1.807, 2.05) is 24.9 Å². The first-order valence-electron chi connectivity index (χ1n) is 10.2. The van der Waals surface area contributed by atoms with Crippen molar-refractivity contribution in [2.75, 3.05) is 30.4 Å². The summed E-state index contributed by atoms with van der Waals surface area (Å²) in [4.78, 5) is 24.4. The van der Waals surface area contributed by atoms with Crippen molar-refractivity contribution in [1.29, 1.82) is 0 Å². The zero-order valence-corrected chi connectivity index (χ0v) is 17.7. The molecule has 1 saturated carbocycles. The van der Waals surface area contributed by atoms with Crippen LogP contribution >= 0.6 is 11.6 Å². The molecule has 0 radical (unpaired) electrons. The molecule has 1 saturated heterocycles. The van der Waals surface area contributed by atoms with E-state index in [2.05, 4.69) is 30.4 Å². The molecule has 0 unspecified atom stereocenters. The number of rotatable bonds is 5. The van der Waals surface area contributed by atoms with Gasteiger partial charge in [-0.1, -0.05) is 11.6 Å². The fourth-order valence-electron chi connectivity index (χ4n) is 4.73. The molecule has 9 heteroatoms. The summed E-state index contributed by atoms with van der Waals surface area (Å²) in [5.74, 6) is 1.88. The minimum Gasteiger partial charge on any atom is -0.345 e. The van der Waals surface area contributed by atoms with Crippen LogP contribution < -0.4 is 10.2 Å². The summed E-state index contributed by atoms with van der Waals surface area (Å²) in [7, 11) is 2.05. The highest BCUT2D eigenvalue weighted by Crippen LogP contribution is 2.44. The van der Waals surface area contributed by atoms with E-state index in [4.69, 9.17) is 11.6 Å². The van der Waals surface area contributed by atoms with Crippen molar-refractivity contribution in [3.63, 3.8) is 0 Å². The summed E-state index contributed by atoms with van der Waals surface area (Å²) in [6, 6.07) is 2.28. The topological polar surface area (TPSA) is 90.0 Å². The maximum atomic E-state index is 11.2. The maximum absolute atomic E-state index is 11.2. The van der Waals surface area contributed by atoms with E-state index in [9.17, 15) is 4.79 Å². The average Bonchev–Trinajstić information content (AvgIpc) is 3.14. The van der Waals surface area contributed by atoms with Crippen LogP contribution in [0.5, 0.6) is 0 Å². The number of anilines is 3. The molecule has 0 bridgehead atoms. The highest BCUT2D eigenvalue weighted by molar-refractivity contribution is 6.32. The third-order valence-electron chi connectivity index (χ3n) is 6.40. The van der Waals surface area contributed by atoms with Gasteiger partial charge in [-0.05, 0) is 50.9 Å². The number of nitrogens with one attached hydrogen (secondary N) is 2. The maximum Gasteiger partial charge on any atom is 0.227 e. The van der Waals surface area contributed by atoms with Gasteiger partial charge in [-0.25, -0.2) is 4.98 Å². The Bertz CT molecular complexity index is 862. The molecule has 2 aromatic heterocycles. The molecule has 4 rings (SSSR count). The second kappa shape index (κ2) is 8.18. The quantitative estimate of drug-likeness (QED) is 0.723. The van der Waals surface area contributed by atoms with E-state index in [0.29, 0.717) is 34.1 Å². The van der Waals surface area contributed by atoms with Crippen molar-refractivity contribution in [3.05, 3.63) is 23.0 Å². The van der Waals surface area contributed by atoms with Crippen LogP contribution in [0.2, 0.25) is 5.02 Å². The van der Waals surface area contributed by atoms with Gasteiger partial charge in [0.05, 0.1) is 6.20 Å². The number of hydrogen-bond acceptors (Lipinski definition) is 6. The summed E-state index contributed by atoms with van der Waals surface area (Å²) in [5, 5.41) is 10.7. The zero-order valence-electron chi connectivity index (χ0n) is 17.0. The lowest BCUT2D eigenvalue weighted by Gasteiger charge is -2.47. The van der Waals surface area contributed by atoms with Gasteiger partial charge in [-0.3, -0.25) is 9.89 Å². The van der Waals surface area contributed by atoms with Crippen molar-refractivity contribution >= 4 is 35.6 Å². The average molecular weight is 418 g/mol. The molecule has 3 heterocycles. The van der Waals surface area contributed by atoms with Gasteiger partial charge >= 0.3 is 0 Å². The van der Waals surface area contributed by atoms with Gasteiger partial charge in [0, 0.05) is 37.9 Å². The van der Waals surface area contributed by atoms with E-state index in [1.165, 1.54) is 6.42 Å². The van der Waals surface area contributed by atoms with Crippen LogP contribution in [-0.4, -0.2) is 57.7 Å². The Balaban J connectivity index is 1.43. The number of halogens is 1. The molecule has 1 aliphatic carbocycles. The van der Waals surface area contributed by atoms with Crippen LogP contribution in [-0.2, 0) is 4.79 Å². The first kappa shape index (κ1) is 19.9. The lowest BCUT2D eigenvalue weighted by molar-refractivity contribution is -0.122. The van der Waals surface area contributed by atoms with E-state index >= 15 is 0 Å². The second-order valence-electron chi connectivity index (χ2n) is 8.45. The van der Waals surface area contributed by atoms with Crippen LogP contribution in [0.25, 0.3) is 0 Å². The van der Waals surface area contributed by atoms with Gasteiger partial charge in [0.25, 0.3) is 0 Å². The number of aromatic amines is 1. The Labute approximate surface area is 176 Å². The van der Waals surface area contributed by atoms with Crippen LogP contribution in [0.3, 0.4) is 0 Å². The Morgan fingerprint density at radius 2 is 2.17 bits per heavy atom. The molecule has 2 aliphatic rings. The van der Waals surface area contributed by atoms with Crippen LogP contribution in [0.1, 0.15) is 44.2 Å². The number of amides is 1. The third-order valence-corrected chi connectivity index (χ3v) is 6.68. The minimum atomic E-state index is 0.294. The molecule has 1 spiro atoms. The summed E-state index contributed by atoms with van der Waals surface area (Å²) in [6.07, 6.45) is 9.41. The molecular formula is C20H28ClN7O. The molecule has 2 aromatic rings. The molecule has 2 N–H and O–H groups in total. The number of H-pyrrole nitrogens is 1. The van der Waals surface area contributed by atoms with Crippen molar-refractivity contribution in [1.82, 2.24) is 25.1 Å². The lowest BCUT2D eigenvalue weighted by Crippen LogP contribution is -2.47. The van der Waals surface area contributed by atoms with Crippen molar-refractivity contribution < 1.29 is 4.79 Å². The normalized spacial score (nSPS) is 24.5. The van der Waals surface area contributed by atoms with Crippen molar-refractivity contribution in [3.8, 4) is 0 Å². The van der Waals surface area contributed by atoms with Gasteiger partial charge < -0.3 is 15.1 Å². The molecular weight excluding hydrogens is 390 g/mol. The first-order valence-corrected chi connectivity index (χ1v) is 10.6. The van der Waals surface area contributed by atoms with Crippen LogP contribution in [0.4, 0.5) is 17.6 Å². The Morgan fingerprint density at radius 3 is 2.86 bits per heavy atom. The van der Waals surface area contributed by atoms with Gasteiger partial charge in [-0.2, -0.15) is 10.1 Å². The molecule has 29 heavy (non-hydrogen) atoms. The molecule has 1 amide bonds. The number of aryl methyl sites for hydroxylation is 1. The van der Waals surface area contributed by atoms with Gasteiger partial charge in [-0.15, -0.1) is 0 Å². The molecule has 8 nitrogen and oxygen atoms in total. The summed E-state index contributed by atoms with van der Waals surface area (Å²) in [6.45, 7) is 3.75. The Morgan fingerprint density at radius 1 is 1.38 bits per heavy atom. The number of aromatic nitrogens is 4. The van der Waals surface area contributed by atoms with Crippen molar-refractivity contribution in [2.45, 2.75) is 51.5 Å². The standard InChI is InChI=1S/C20H28ClN7O/c1-14-10-17(26-25-14)23-18-16(21)11-22-19(24-18)27(2)15-4-7-20(8-5-15)6-3-9-28(12-20)13-29/h10-11,13,15H,3-9,12H2,1-2H3,(H2,22,23,24,25,26). The second-order valence-corrected chi connectivity index (χ2v) is 8.86. The predicted octanol–water partition coefficient (Wildman–Crippen LogP) is 3.52. The molecule has 2 fully saturated rings. The van der Waals surface area contributed by atoms with Gasteiger partial charge in [0.1, 0.15) is 5.02 Å². The van der Waals surface area contributed by atoms with Crippen LogP contribution in [0, 0.1) is 12.3 Å². The van der Waals surface area contributed by atoms with E-state index in [0.717, 1.165) is 57.3 Å². The fourth-order valence-corrected chi connectivity index (χ4v) is 4.87. The fraction of sp³-hybridized carbons (Fsp3) is 0.600. The first-order chi connectivity index (χ1) is 14.0. The number of nitrogens with zero attached hydrogens (tertiary/aromatic N) is 5. The smallest absolute Gasteiger partial charge is 0.227 e. The largest absolute Gasteiger partial charge is 0.345 e. The van der Waals surface area contributed by atoms with Gasteiger partial charge in [0.2, 0.25) is 12.4 Å². The van der Waals surface area contributed by atoms with Crippen molar-refractivity contribution in [2.24, 2.45) is 5.41 Å². The summed E-state index contributed by atoms with van der Waals surface area (Å²) < 4.78 is 0. The van der Waals surface area contributed by atoms with E-state index in [1.54, 1.807) is 6.20 Å². The lowest BCUT2D eigenvalue weighted by atomic mass is 9.68. The highest BCUT2D eigenvalue weighted by Gasteiger charge is 2.39. The molecule has 0 aromatic carbocycles. The van der Waals surface area contributed by atoms with Crippen LogP contribution in [0.15, 0.2) is 12.3 Å². The number of likely N-dealkylation sites (tertiary alicyclic amines) is 1. The summed E-state index contributed by atoms with van der Waals surface area (Å²) in [5.41, 5.74) is 1.25. The number of carbonyl (C=O) groups excluding carboxylic acids is 1. The number of piperidine rings is 1. The van der Waals surface area contributed by atoms with E-state index < -0.39 is 0 Å². The SMILES string of the molecule is Cc1cc(Nc2nc(N(C)C3CCC4(CCCN(C=O)C4)CC3)ncc2Cl)n[nH]1. The summed E-state index contributed by atoms with van der Waals surface area (Å²) >= 11 is 6.29. The number of hydrogen-bond donors (Lipinski definition) is 2. The van der Waals surface area contributed by atoms with Gasteiger partial charge in [0.15, 0.2) is 11.6 Å². The monoisotopic (exact) mass is 417 g/mol. The zero-order chi connectivity index (χ0) is 20.4. The highest BCUT2D eigenvalue weighted by atomic mass is 35.5. The minimum absolute atomic E-state index is 0.294. The van der Waals surface area contributed by atoms with E-state index in [-0.39, 0.29) is 0 Å². The molecule has 0 atom stereocenters. The third kappa shape index (κ3) is 4.32. The molecule has 1 aliphatic heterocycles. The predicted molar refractivity (Wildman–Crippen MR) is 114 cm³/mol.